The molecular formula is C15H22N2O. The average Bonchev–Trinajstić information content (AvgIpc) is 3.04. The zero-order valence-corrected chi connectivity index (χ0v) is 10.9. The largest absolute Gasteiger partial charge is 0.381 e. The van der Waals surface area contributed by atoms with Crippen LogP contribution in [0.2, 0.25) is 0 Å². The Labute approximate surface area is 109 Å². The summed E-state index contributed by atoms with van der Waals surface area (Å²) in [5, 5.41) is 3.56. The second kappa shape index (κ2) is 5.72. The van der Waals surface area contributed by atoms with Crippen LogP contribution in [0.4, 0.5) is 5.69 Å². The van der Waals surface area contributed by atoms with Gasteiger partial charge in [0.15, 0.2) is 0 Å². The highest BCUT2D eigenvalue weighted by Crippen LogP contribution is 2.26. The number of fused-ring (bicyclic) bond motifs is 1. The maximum atomic E-state index is 5.38. The number of para-hydroxylation sites is 1. The summed E-state index contributed by atoms with van der Waals surface area (Å²) < 4.78 is 5.38. The molecule has 1 N–H and O–H groups in total. The van der Waals surface area contributed by atoms with E-state index in [2.05, 4.69) is 34.5 Å². The van der Waals surface area contributed by atoms with Gasteiger partial charge in [-0.1, -0.05) is 18.2 Å². The molecule has 0 amide bonds. The van der Waals surface area contributed by atoms with Crippen LogP contribution in [-0.4, -0.2) is 39.4 Å². The van der Waals surface area contributed by atoms with Crippen LogP contribution in [0.25, 0.3) is 0 Å². The van der Waals surface area contributed by atoms with Gasteiger partial charge in [-0.2, -0.15) is 0 Å². The van der Waals surface area contributed by atoms with Gasteiger partial charge in [0.05, 0.1) is 6.61 Å². The van der Waals surface area contributed by atoms with E-state index in [4.69, 9.17) is 4.74 Å². The summed E-state index contributed by atoms with van der Waals surface area (Å²) >= 11 is 0. The SMILES string of the molecule is c1ccc2c(c1)CCN2CCNCC1CCOC1. The molecule has 0 spiro atoms. The monoisotopic (exact) mass is 246 g/mol. The minimum absolute atomic E-state index is 0.732. The van der Waals surface area contributed by atoms with E-state index in [1.807, 2.05) is 0 Å². The normalized spacial score (nSPS) is 22.4. The minimum Gasteiger partial charge on any atom is -0.381 e. The first-order valence-electron chi connectivity index (χ1n) is 7.05. The molecule has 1 fully saturated rings. The fourth-order valence-electron chi connectivity index (χ4n) is 2.90. The summed E-state index contributed by atoms with van der Waals surface area (Å²) in [6.45, 7) is 6.36. The molecule has 0 aliphatic carbocycles. The molecule has 0 saturated carbocycles. The Morgan fingerprint density at radius 2 is 2.28 bits per heavy atom. The third kappa shape index (κ3) is 2.68. The molecule has 3 heteroatoms. The van der Waals surface area contributed by atoms with Crippen molar-refractivity contribution < 1.29 is 4.74 Å². The van der Waals surface area contributed by atoms with E-state index in [1.54, 1.807) is 0 Å². The lowest BCUT2D eigenvalue weighted by molar-refractivity contribution is 0.185. The van der Waals surface area contributed by atoms with Crippen molar-refractivity contribution in [3.8, 4) is 0 Å². The minimum atomic E-state index is 0.732. The van der Waals surface area contributed by atoms with Crippen molar-refractivity contribution >= 4 is 5.69 Å². The lowest BCUT2D eigenvalue weighted by Crippen LogP contribution is -2.33. The summed E-state index contributed by atoms with van der Waals surface area (Å²) in [6, 6.07) is 8.77. The van der Waals surface area contributed by atoms with Crippen molar-refractivity contribution in [2.45, 2.75) is 12.8 Å². The van der Waals surface area contributed by atoms with Gasteiger partial charge >= 0.3 is 0 Å². The molecule has 1 unspecified atom stereocenters. The van der Waals surface area contributed by atoms with E-state index in [9.17, 15) is 0 Å². The maximum absolute atomic E-state index is 5.38. The number of hydrogen-bond acceptors (Lipinski definition) is 3. The van der Waals surface area contributed by atoms with Crippen LogP contribution in [0.3, 0.4) is 0 Å². The van der Waals surface area contributed by atoms with Gasteiger partial charge in [-0.15, -0.1) is 0 Å². The summed E-state index contributed by atoms with van der Waals surface area (Å²) in [7, 11) is 0. The number of anilines is 1. The van der Waals surface area contributed by atoms with E-state index in [-0.39, 0.29) is 0 Å². The van der Waals surface area contributed by atoms with E-state index < -0.39 is 0 Å². The van der Waals surface area contributed by atoms with Gasteiger partial charge in [0.25, 0.3) is 0 Å². The van der Waals surface area contributed by atoms with Crippen molar-refractivity contribution in [2.75, 3.05) is 44.3 Å². The first-order valence-corrected chi connectivity index (χ1v) is 7.05. The highest BCUT2D eigenvalue weighted by molar-refractivity contribution is 5.57. The number of hydrogen-bond donors (Lipinski definition) is 1. The third-order valence-corrected chi connectivity index (χ3v) is 4.00. The van der Waals surface area contributed by atoms with Gasteiger partial charge in [0.1, 0.15) is 0 Å². The Kier molecular flexibility index (Phi) is 3.81. The Balaban J connectivity index is 1.41. The highest BCUT2D eigenvalue weighted by Gasteiger charge is 2.18. The molecule has 0 aromatic heterocycles. The molecule has 2 aliphatic rings. The van der Waals surface area contributed by atoms with E-state index >= 15 is 0 Å². The predicted octanol–water partition coefficient (Wildman–Crippen LogP) is 1.68. The van der Waals surface area contributed by atoms with Gasteiger partial charge in [0.2, 0.25) is 0 Å². The molecule has 3 nitrogen and oxygen atoms in total. The van der Waals surface area contributed by atoms with Crippen LogP contribution < -0.4 is 10.2 Å². The quantitative estimate of drug-likeness (QED) is 0.800. The van der Waals surface area contributed by atoms with Crippen molar-refractivity contribution in [3.05, 3.63) is 29.8 Å². The third-order valence-electron chi connectivity index (χ3n) is 4.00. The Bertz CT molecular complexity index is 388. The predicted molar refractivity (Wildman–Crippen MR) is 74.2 cm³/mol. The highest BCUT2D eigenvalue weighted by atomic mass is 16.5. The van der Waals surface area contributed by atoms with Crippen molar-refractivity contribution in [2.24, 2.45) is 5.92 Å². The molecule has 18 heavy (non-hydrogen) atoms. The molecule has 0 bridgehead atoms. The topological polar surface area (TPSA) is 24.5 Å². The summed E-state index contributed by atoms with van der Waals surface area (Å²) in [6.07, 6.45) is 2.42. The van der Waals surface area contributed by atoms with Gasteiger partial charge in [0, 0.05) is 38.5 Å². The number of benzene rings is 1. The van der Waals surface area contributed by atoms with Crippen molar-refractivity contribution in [3.63, 3.8) is 0 Å². The van der Waals surface area contributed by atoms with Crippen LogP contribution in [0, 0.1) is 5.92 Å². The van der Waals surface area contributed by atoms with Crippen molar-refractivity contribution in [1.82, 2.24) is 5.32 Å². The van der Waals surface area contributed by atoms with Crippen LogP contribution in [0.1, 0.15) is 12.0 Å². The van der Waals surface area contributed by atoms with Crippen LogP contribution >= 0.6 is 0 Å². The van der Waals surface area contributed by atoms with Crippen molar-refractivity contribution in [1.29, 1.82) is 0 Å². The molecule has 2 heterocycles. The zero-order valence-electron chi connectivity index (χ0n) is 10.9. The molecular weight excluding hydrogens is 224 g/mol. The Hall–Kier alpha value is -1.06. The number of ether oxygens (including phenoxy) is 1. The van der Waals surface area contributed by atoms with E-state index in [0.29, 0.717) is 0 Å². The molecule has 1 aromatic rings. The van der Waals surface area contributed by atoms with E-state index in [0.717, 1.165) is 38.8 Å². The summed E-state index contributed by atoms with van der Waals surface area (Å²) in [4.78, 5) is 2.49. The molecule has 98 valence electrons. The fourth-order valence-corrected chi connectivity index (χ4v) is 2.90. The molecule has 1 aromatic carbocycles. The van der Waals surface area contributed by atoms with Gasteiger partial charge in [-0.05, 0) is 30.4 Å². The molecule has 0 radical (unpaired) electrons. The van der Waals surface area contributed by atoms with Crippen LogP contribution in [-0.2, 0) is 11.2 Å². The molecule has 2 aliphatic heterocycles. The van der Waals surface area contributed by atoms with Gasteiger partial charge in [-0.25, -0.2) is 0 Å². The first kappa shape index (κ1) is 12.0. The first-order chi connectivity index (χ1) is 8.93. The fraction of sp³-hybridized carbons (Fsp3) is 0.600. The maximum Gasteiger partial charge on any atom is 0.0507 e. The van der Waals surface area contributed by atoms with Gasteiger partial charge in [-0.3, -0.25) is 0 Å². The summed E-state index contributed by atoms with van der Waals surface area (Å²) in [5.74, 6) is 0.732. The molecule has 1 atom stereocenters. The lowest BCUT2D eigenvalue weighted by Gasteiger charge is -2.20. The Morgan fingerprint density at radius 1 is 1.33 bits per heavy atom. The summed E-state index contributed by atoms with van der Waals surface area (Å²) in [5.41, 5.74) is 2.94. The smallest absolute Gasteiger partial charge is 0.0507 e. The second-order valence-corrected chi connectivity index (χ2v) is 5.30. The van der Waals surface area contributed by atoms with Crippen LogP contribution in [0.15, 0.2) is 24.3 Å². The van der Waals surface area contributed by atoms with Gasteiger partial charge < -0.3 is 15.0 Å². The average molecular weight is 246 g/mol. The molecule has 3 rings (SSSR count). The van der Waals surface area contributed by atoms with E-state index in [1.165, 1.54) is 30.6 Å². The second-order valence-electron chi connectivity index (χ2n) is 5.30. The number of nitrogens with zero attached hydrogens (tertiary/aromatic N) is 1. The zero-order chi connectivity index (χ0) is 12.2. The number of rotatable bonds is 5. The number of nitrogens with one attached hydrogen (secondary N) is 1. The van der Waals surface area contributed by atoms with Crippen LogP contribution in [0.5, 0.6) is 0 Å². The lowest BCUT2D eigenvalue weighted by atomic mass is 10.1. The standard InChI is InChI=1S/C15H22N2O/c1-2-4-15-14(3-1)5-8-17(15)9-7-16-11-13-6-10-18-12-13/h1-4,13,16H,5-12H2. The molecule has 1 saturated heterocycles. The Morgan fingerprint density at radius 3 is 3.17 bits per heavy atom.